The summed E-state index contributed by atoms with van der Waals surface area (Å²) in [5.74, 6) is 0.779. The van der Waals surface area contributed by atoms with Gasteiger partial charge in [-0.25, -0.2) is 0 Å². The van der Waals surface area contributed by atoms with Crippen molar-refractivity contribution in [1.82, 2.24) is 10.6 Å². The summed E-state index contributed by atoms with van der Waals surface area (Å²) in [6.45, 7) is 4.45. The quantitative estimate of drug-likeness (QED) is 0.663. The van der Waals surface area contributed by atoms with Gasteiger partial charge in [0.2, 0.25) is 0 Å². The van der Waals surface area contributed by atoms with E-state index in [1.165, 1.54) is 0 Å². The highest BCUT2D eigenvalue weighted by atomic mass is 35.5. The number of benzene rings is 1. The summed E-state index contributed by atoms with van der Waals surface area (Å²) in [6, 6.07) is 7.80. The molecule has 1 aliphatic rings. The molecule has 20 heavy (non-hydrogen) atoms. The Labute approximate surface area is 125 Å². The zero-order valence-corrected chi connectivity index (χ0v) is 12.8. The molecular formula is C15H22ClN3O. The number of hydrogen-bond donors (Lipinski definition) is 2. The smallest absolute Gasteiger partial charge is 0.191 e. The van der Waals surface area contributed by atoms with Crippen molar-refractivity contribution < 1.29 is 4.74 Å². The first-order valence-electron chi connectivity index (χ1n) is 6.94. The molecule has 1 unspecified atom stereocenters. The molecule has 1 aromatic carbocycles. The maximum Gasteiger partial charge on any atom is 0.191 e. The van der Waals surface area contributed by atoms with E-state index in [0.717, 1.165) is 42.5 Å². The lowest BCUT2D eigenvalue weighted by molar-refractivity contribution is 0.0243. The van der Waals surface area contributed by atoms with Gasteiger partial charge in [-0.2, -0.15) is 0 Å². The molecule has 0 amide bonds. The normalized spacial score (nSPS) is 22.9. The number of rotatable bonds is 4. The third-order valence-corrected chi connectivity index (χ3v) is 3.74. The van der Waals surface area contributed by atoms with Crippen LogP contribution in [0.4, 0.5) is 0 Å². The Morgan fingerprint density at radius 2 is 2.30 bits per heavy atom. The second-order valence-electron chi connectivity index (χ2n) is 5.31. The van der Waals surface area contributed by atoms with E-state index in [4.69, 9.17) is 16.3 Å². The molecule has 110 valence electrons. The van der Waals surface area contributed by atoms with Gasteiger partial charge in [0.05, 0.1) is 5.60 Å². The van der Waals surface area contributed by atoms with E-state index in [1.54, 1.807) is 7.05 Å². The van der Waals surface area contributed by atoms with E-state index < -0.39 is 0 Å². The van der Waals surface area contributed by atoms with Crippen LogP contribution in [0.5, 0.6) is 0 Å². The van der Waals surface area contributed by atoms with Crippen LogP contribution >= 0.6 is 11.6 Å². The maximum atomic E-state index is 5.97. The largest absolute Gasteiger partial charge is 0.373 e. The highest BCUT2D eigenvalue weighted by Gasteiger charge is 2.29. The van der Waals surface area contributed by atoms with Crippen LogP contribution in [-0.2, 0) is 11.3 Å². The van der Waals surface area contributed by atoms with E-state index in [2.05, 4.69) is 22.5 Å². The molecule has 1 saturated heterocycles. The Hall–Kier alpha value is -1.26. The molecule has 4 nitrogen and oxygen atoms in total. The first-order valence-corrected chi connectivity index (χ1v) is 7.32. The second kappa shape index (κ2) is 6.95. The van der Waals surface area contributed by atoms with E-state index >= 15 is 0 Å². The minimum absolute atomic E-state index is 0.0757. The van der Waals surface area contributed by atoms with E-state index in [0.29, 0.717) is 6.54 Å². The summed E-state index contributed by atoms with van der Waals surface area (Å²) in [5.41, 5.74) is 1.05. The van der Waals surface area contributed by atoms with Crippen LogP contribution in [0.2, 0.25) is 5.02 Å². The molecule has 1 aromatic rings. The maximum absolute atomic E-state index is 5.97. The molecule has 0 aliphatic carbocycles. The topological polar surface area (TPSA) is 45.7 Å². The fraction of sp³-hybridized carbons (Fsp3) is 0.533. The monoisotopic (exact) mass is 295 g/mol. The van der Waals surface area contributed by atoms with Crippen LogP contribution in [0, 0.1) is 0 Å². The third kappa shape index (κ3) is 4.39. The lowest BCUT2D eigenvalue weighted by Crippen LogP contribution is -2.45. The molecule has 2 rings (SSSR count). The lowest BCUT2D eigenvalue weighted by Gasteiger charge is -2.24. The fourth-order valence-corrected chi connectivity index (χ4v) is 2.51. The summed E-state index contributed by atoms with van der Waals surface area (Å²) in [7, 11) is 1.77. The Balaban J connectivity index is 1.81. The van der Waals surface area contributed by atoms with Gasteiger partial charge >= 0.3 is 0 Å². The van der Waals surface area contributed by atoms with Crippen LogP contribution in [0.25, 0.3) is 0 Å². The van der Waals surface area contributed by atoms with Crippen molar-refractivity contribution in [3.05, 3.63) is 34.9 Å². The summed E-state index contributed by atoms with van der Waals surface area (Å²) >= 11 is 5.97. The standard InChI is InChI=1S/C15H22ClN3O/c1-15(7-4-8-20-15)11-19-14(17-2)18-10-12-5-3-6-13(16)9-12/h3,5-6,9H,4,7-8,10-11H2,1-2H3,(H2,17,18,19). The predicted molar refractivity (Wildman–Crippen MR) is 83.2 cm³/mol. The van der Waals surface area contributed by atoms with Gasteiger partial charge in [0.15, 0.2) is 5.96 Å². The van der Waals surface area contributed by atoms with Crippen molar-refractivity contribution >= 4 is 17.6 Å². The molecule has 1 fully saturated rings. The van der Waals surface area contributed by atoms with Crippen molar-refractivity contribution in [2.75, 3.05) is 20.2 Å². The molecule has 0 bridgehead atoms. The first-order chi connectivity index (χ1) is 9.61. The molecule has 1 aliphatic heterocycles. The molecule has 0 aromatic heterocycles. The Morgan fingerprint density at radius 3 is 2.95 bits per heavy atom. The van der Waals surface area contributed by atoms with Gasteiger partial charge < -0.3 is 15.4 Å². The van der Waals surface area contributed by atoms with Gasteiger partial charge in [0.25, 0.3) is 0 Å². The Bertz CT molecular complexity index is 470. The number of nitrogens with zero attached hydrogens (tertiary/aromatic N) is 1. The van der Waals surface area contributed by atoms with Crippen LogP contribution in [-0.4, -0.2) is 31.8 Å². The van der Waals surface area contributed by atoms with Crippen LogP contribution < -0.4 is 10.6 Å². The van der Waals surface area contributed by atoms with Gasteiger partial charge in [-0.15, -0.1) is 0 Å². The van der Waals surface area contributed by atoms with Crippen LogP contribution in [0.15, 0.2) is 29.3 Å². The number of halogens is 1. The average molecular weight is 296 g/mol. The summed E-state index contributed by atoms with van der Waals surface area (Å²) in [5, 5.41) is 7.35. The van der Waals surface area contributed by atoms with Gasteiger partial charge in [0.1, 0.15) is 0 Å². The lowest BCUT2D eigenvalue weighted by atomic mass is 10.0. The minimum atomic E-state index is -0.0757. The fourth-order valence-electron chi connectivity index (χ4n) is 2.30. The number of guanidine groups is 1. The summed E-state index contributed by atoms with van der Waals surface area (Å²) in [6.07, 6.45) is 2.22. The number of aliphatic imine (C=N–C) groups is 1. The molecule has 0 spiro atoms. The van der Waals surface area contributed by atoms with Crippen LogP contribution in [0.3, 0.4) is 0 Å². The highest BCUT2D eigenvalue weighted by Crippen LogP contribution is 2.23. The SMILES string of the molecule is CN=C(NCc1cccc(Cl)c1)NCC1(C)CCCO1. The van der Waals surface area contributed by atoms with E-state index in [9.17, 15) is 0 Å². The van der Waals surface area contributed by atoms with Gasteiger partial charge in [0, 0.05) is 31.8 Å². The van der Waals surface area contributed by atoms with Crippen molar-refractivity contribution in [2.24, 2.45) is 4.99 Å². The van der Waals surface area contributed by atoms with Crippen molar-refractivity contribution in [3.63, 3.8) is 0 Å². The second-order valence-corrected chi connectivity index (χ2v) is 5.75. The zero-order chi connectivity index (χ0) is 14.4. The molecule has 5 heteroatoms. The van der Waals surface area contributed by atoms with Crippen molar-refractivity contribution in [3.8, 4) is 0 Å². The zero-order valence-electron chi connectivity index (χ0n) is 12.1. The molecule has 0 radical (unpaired) electrons. The van der Waals surface area contributed by atoms with Crippen LogP contribution in [0.1, 0.15) is 25.3 Å². The van der Waals surface area contributed by atoms with E-state index in [1.807, 2.05) is 24.3 Å². The van der Waals surface area contributed by atoms with Crippen molar-refractivity contribution in [1.29, 1.82) is 0 Å². The first kappa shape index (κ1) is 15.1. The van der Waals surface area contributed by atoms with Gasteiger partial charge in [-0.05, 0) is 37.5 Å². The molecular weight excluding hydrogens is 274 g/mol. The van der Waals surface area contributed by atoms with Gasteiger partial charge in [-0.1, -0.05) is 23.7 Å². The van der Waals surface area contributed by atoms with E-state index in [-0.39, 0.29) is 5.60 Å². The molecule has 2 N–H and O–H groups in total. The number of hydrogen-bond acceptors (Lipinski definition) is 2. The molecule has 1 atom stereocenters. The van der Waals surface area contributed by atoms with Gasteiger partial charge in [-0.3, -0.25) is 4.99 Å². The minimum Gasteiger partial charge on any atom is -0.373 e. The summed E-state index contributed by atoms with van der Waals surface area (Å²) in [4.78, 5) is 4.22. The predicted octanol–water partition coefficient (Wildman–Crippen LogP) is 2.57. The number of nitrogens with one attached hydrogen (secondary N) is 2. The third-order valence-electron chi connectivity index (χ3n) is 3.50. The Morgan fingerprint density at radius 1 is 1.45 bits per heavy atom. The molecule has 1 heterocycles. The Kier molecular flexibility index (Phi) is 5.26. The number of ether oxygens (including phenoxy) is 1. The molecule has 0 saturated carbocycles. The summed E-state index contributed by atoms with van der Waals surface area (Å²) < 4.78 is 5.75. The van der Waals surface area contributed by atoms with Crippen molar-refractivity contribution in [2.45, 2.75) is 31.9 Å². The average Bonchev–Trinajstić information content (AvgIpc) is 2.86. The highest BCUT2D eigenvalue weighted by molar-refractivity contribution is 6.30.